The number of unbranched alkanes of at least 4 members (excludes halogenated alkanes) is 9. The molecule has 0 rings (SSSR count). The summed E-state index contributed by atoms with van der Waals surface area (Å²) in [5.74, 6) is 1.65. The summed E-state index contributed by atoms with van der Waals surface area (Å²) in [4.78, 5) is 11.6. The first-order chi connectivity index (χ1) is 11.5. The zero-order chi connectivity index (χ0) is 18.0. The molecule has 0 aliphatic carbocycles. The maximum atomic E-state index is 11.6. The highest BCUT2D eigenvalue weighted by atomic mass is 16.5. The van der Waals surface area contributed by atoms with Crippen LogP contribution < -0.4 is 0 Å². The topological polar surface area (TPSA) is 26.3 Å². The van der Waals surface area contributed by atoms with Crippen molar-refractivity contribution in [3.63, 3.8) is 0 Å². The van der Waals surface area contributed by atoms with Crippen LogP contribution in [-0.2, 0) is 9.53 Å². The summed E-state index contributed by atoms with van der Waals surface area (Å²) in [6.45, 7) is 9.76. The molecule has 0 saturated heterocycles. The van der Waals surface area contributed by atoms with Crippen molar-refractivity contribution in [1.29, 1.82) is 0 Å². The molecule has 24 heavy (non-hydrogen) atoms. The quantitative estimate of drug-likeness (QED) is 0.205. The molecule has 2 nitrogen and oxygen atoms in total. The monoisotopic (exact) mass is 340 g/mol. The van der Waals surface area contributed by atoms with Crippen molar-refractivity contribution in [2.45, 2.75) is 118 Å². The smallest absolute Gasteiger partial charge is 0.305 e. The van der Waals surface area contributed by atoms with E-state index >= 15 is 0 Å². The Morgan fingerprint density at radius 2 is 1.04 bits per heavy atom. The largest absolute Gasteiger partial charge is 0.466 e. The summed E-state index contributed by atoms with van der Waals surface area (Å²) in [6.07, 6.45) is 17.0. The lowest BCUT2D eigenvalue weighted by atomic mass is 10.0. The predicted molar refractivity (Wildman–Crippen MR) is 105 cm³/mol. The van der Waals surface area contributed by atoms with Gasteiger partial charge in [-0.2, -0.15) is 0 Å². The van der Waals surface area contributed by atoms with Crippen molar-refractivity contribution >= 4 is 5.97 Å². The number of ether oxygens (including phenoxy) is 1. The summed E-state index contributed by atoms with van der Waals surface area (Å²) < 4.78 is 5.32. The van der Waals surface area contributed by atoms with Gasteiger partial charge in [-0.25, -0.2) is 0 Å². The summed E-state index contributed by atoms with van der Waals surface area (Å²) >= 11 is 0. The van der Waals surface area contributed by atoms with Gasteiger partial charge in [0, 0.05) is 6.42 Å². The van der Waals surface area contributed by atoms with Gasteiger partial charge in [-0.3, -0.25) is 4.79 Å². The molecule has 0 amide bonds. The Morgan fingerprint density at radius 3 is 1.54 bits per heavy atom. The number of carbonyl (C=O) groups excluding carboxylic acids is 1. The third-order valence-electron chi connectivity index (χ3n) is 4.60. The van der Waals surface area contributed by atoms with Crippen LogP contribution in [0.5, 0.6) is 0 Å². The van der Waals surface area contributed by atoms with Crippen LogP contribution in [0, 0.1) is 11.8 Å². The minimum absolute atomic E-state index is 0.00699. The van der Waals surface area contributed by atoms with Crippen LogP contribution in [0.15, 0.2) is 0 Å². The van der Waals surface area contributed by atoms with Gasteiger partial charge in [0.05, 0.1) is 6.61 Å². The maximum absolute atomic E-state index is 11.6. The van der Waals surface area contributed by atoms with Crippen molar-refractivity contribution in [3.05, 3.63) is 0 Å². The number of esters is 1. The number of carbonyl (C=O) groups is 1. The van der Waals surface area contributed by atoms with Gasteiger partial charge >= 0.3 is 5.97 Å². The Balaban J connectivity index is 3.18. The molecular weight excluding hydrogens is 296 g/mol. The molecule has 0 atom stereocenters. The van der Waals surface area contributed by atoms with Crippen molar-refractivity contribution in [2.24, 2.45) is 11.8 Å². The van der Waals surface area contributed by atoms with Gasteiger partial charge in [0.2, 0.25) is 0 Å². The van der Waals surface area contributed by atoms with Gasteiger partial charge < -0.3 is 4.74 Å². The second-order valence-electron chi connectivity index (χ2n) is 8.22. The van der Waals surface area contributed by atoms with E-state index in [1.54, 1.807) is 0 Å². The minimum atomic E-state index is 0.00699. The molecule has 0 aromatic heterocycles. The summed E-state index contributed by atoms with van der Waals surface area (Å²) in [7, 11) is 0. The molecule has 0 fully saturated rings. The van der Waals surface area contributed by atoms with Crippen LogP contribution in [0.4, 0.5) is 0 Å². The van der Waals surface area contributed by atoms with E-state index in [1.807, 2.05) is 0 Å². The van der Waals surface area contributed by atoms with Crippen LogP contribution in [0.3, 0.4) is 0 Å². The van der Waals surface area contributed by atoms with E-state index in [9.17, 15) is 4.79 Å². The molecule has 0 aliphatic rings. The van der Waals surface area contributed by atoms with Crippen molar-refractivity contribution in [1.82, 2.24) is 0 Å². The average molecular weight is 341 g/mol. The first-order valence-corrected chi connectivity index (χ1v) is 10.7. The zero-order valence-electron chi connectivity index (χ0n) is 17.1. The second-order valence-corrected chi connectivity index (χ2v) is 8.22. The molecule has 0 unspecified atom stereocenters. The van der Waals surface area contributed by atoms with E-state index in [0.717, 1.165) is 24.7 Å². The molecule has 144 valence electrons. The first-order valence-electron chi connectivity index (χ1n) is 10.7. The normalized spacial score (nSPS) is 11.4. The highest BCUT2D eigenvalue weighted by molar-refractivity contribution is 5.69. The Morgan fingerprint density at radius 1 is 0.625 bits per heavy atom. The Bertz CT molecular complexity index is 271. The van der Waals surface area contributed by atoms with E-state index in [-0.39, 0.29) is 5.97 Å². The van der Waals surface area contributed by atoms with Gasteiger partial charge in [0.25, 0.3) is 0 Å². The molecule has 0 saturated carbocycles. The van der Waals surface area contributed by atoms with Gasteiger partial charge in [-0.15, -0.1) is 0 Å². The molecule has 0 bridgehead atoms. The van der Waals surface area contributed by atoms with Crippen molar-refractivity contribution in [2.75, 3.05) is 6.61 Å². The third-order valence-corrected chi connectivity index (χ3v) is 4.60. The molecule has 0 aromatic carbocycles. The molecule has 0 N–H and O–H groups in total. The highest BCUT2D eigenvalue weighted by Gasteiger charge is 2.03. The SMILES string of the molecule is CC(C)CCCCCCCCCOC(=O)CCCCCCC(C)C. The second kappa shape index (κ2) is 17.3. The lowest BCUT2D eigenvalue weighted by molar-refractivity contribution is -0.143. The Kier molecular flexibility index (Phi) is 16.9. The van der Waals surface area contributed by atoms with E-state index in [1.165, 1.54) is 70.6 Å². The van der Waals surface area contributed by atoms with E-state index in [2.05, 4.69) is 27.7 Å². The molecule has 0 spiro atoms. The van der Waals surface area contributed by atoms with Crippen LogP contribution >= 0.6 is 0 Å². The molecule has 0 aliphatic heterocycles. The van der Waals surface area contributed by atoms with E-state index < -0.39 is 0 Å². The maximum Gasteiger partial charge on any atom is 0.305 e. The number of hydrogen-bond acceptors (Lipinski definition) is 2. The summed E-state index contributed by atoms with van der Waals surface area (Å²) in [5.41, 5.74) is 0. The number of hydrogen-bond donors (Lipinski definition) is 0. The molecule has 0 heterocycles. The Hall–Kier alpha value is -0.530. The fourth-order valence-corrected chi connectivity index (χ4v) is 2.97. The standard InChI is InChI=1S/C22H44O2/c1-20(2)16-12-8-6-5-7-11-15-19-24-22(23)18-14-10-9-13-17-21(3)4/h20-21H,5-19H2,1-4H3. The van der Waals surface area contributed by atoms with Crippen LogP contribution in [-0.4, -0.2) is 12.6 Å². The fraction of sp³-hybridized carbons (Fsp3) is 0.955. The zero-order valence-corrected chi connectivity index (χ0v) is 17.1. The van der Waals surface area contributed by atoms with Crippen molar-refractivity contribution in [3.8, 4) is 0 Å². The van der Waals surface area contributed by atoms with Gasteiger partial charge in [-0.05, 0) is 24.7 Å². The molecule has 0 radical (unpaired) electrons. The number of rotatable bonds is 17. The lowest BCUT2D eigenvalue weighted by Crippen LogP contribution is -2.05. The van der Waals surface area contributed by atoms with E-state index in [4.69, 9.17) is 4.74 Å². The summed E-state index contributed by atoms with van der Waals surface area (Å²) in [6, 6.07) is 0. The Labute approximate surface area is 152 Å². The van der Waals surface area contributed by atoms with Gasteiger partial charge in [0.15, 0.2) is 0 Å². The average Bonchev–Trinajstić information content (AvgIpc) is 2.52. The fourth-order valence-electron chi connectivity index (χ4n) is 2.97. The van der Waals surface area contributed by atoms with Crippen molar-refractivity contribution < 1.29 is 9.53 Å². The lowest BCUT2D eigenvalue weighted by Gasteiger charge is -2.06. The summed E-state index contributed by atoms with van der Waals surface area (Å²) in [5, 5.41) is 0. The van der Waals surface area contributed by atoms with Crippen LogP contribution in [0.1, 0.15) is 118 Å². The highest BCUT2D eigenvalue weighted by Crippen LogP contribution is 2.13. The minimum Gasteiger partial charge on any atom is -0.466 e. The predicted octanol–water partition coefficient (Wildman–Crippen LogP) is 7.30. The first kappa shape index (κ1) is 23.5. The van der Waals surface area contributed by atoms with Crippen LogP contribution in [0.25, 0.3) is 0 Å². The molecule has 2 heteroatoms. The molecular formula is C22H44O2. The third kappa shape index (κ3) is 19.5. The van der Waals surface area contributed by atoms with Crippen LogP contribution in [0.2, 0.25) is 0 Å². The molecule has 0 aromatic rings. The van der Waals surface area contributed by atoms with Gasteiger partial charge in [0.1, 0.15) is 0 Å². The van der Waals surface area contributed by atoms with E-state index in [0.29, 0.717) is 13.0 Å². The van der Waals surface area contributed by atoms with Gasteiger partial charge in [-0.1, -0.05) is 98.3 Å².